The minimum Gasteiger partial charge on any atom is -0.457 e. The third-order valence-electron chi connectivity index (χ3n) is 6.45. The average molecular weight is 306 g/mol. The molecule has 0 spiro atoms. The molecule has 2 heterocycles. The van der Waals surface area contributed by atoms with Gasteiger partial charge in [-0.3, -0.25) is 4.79 Å². The summed E-state index contributed by atoms with van der Waals surface area (Å²) in [5, 5.41) is 0. The van der Waals surface area contributed by atoms with Crippen LogP contribution in [0.4, 0.5) is 0 Å². The van der Waals surface area contributed by atoms with E-state index in [9.17, 15) is 9.59 Å². The lowest BCUT2D eigenvalue weighted by atomic mass is 9.68. The van der Waals surface area contributed by atoms with Crippen LogP contribution in [0.15, 0.2) is 0 Å². The monoisotopic (exact) mass is 306 g/mol. The molecule has 4 nitrogen and oxygen atoms in total. The first-order chi connectivity index (χ1) is 10.2. The minimum atomic E-state index is -1.31. The molecule has 122 valence electrons. The first kappa shape index (κ1) is 14.7. The molecule has 0 aromatic heterocycles. The van der Waals surface area contributed by atoms with Gasteiger partial charge < -0.3 is 9.47 Å². The number of rotatable bonds is 1. The van der Waals surface area contributed by atoms with Gasteiger partial charge in [-0.25, -0.2) is 4.79 Å². The van der Waals surface area contributed by atoms with E-state index in [-0.39, 0.29) is 17.3 Å². The second-order valence-corrected chi connectivity index (χ2v) is 8.96. The van der Waals surface area contributed by atoms with Crippen molar-refractivity contribution in [1.82, 2.24) is 0 Å². The maximum absolute atomic E-state index is 13.0. The molecule has 2 aliphatic heterocycles. The molecule has 4 fully saturated rings. The summed E-state index contributed by atoms with van der Waals surface area (Å²) < 4.78 is 12.0. The summed E-state index contributed by atoms with van der Waals surface area (Å²) in [7, 11) is 0. The molecule has 0 N–H and O–H groups in total. The smallest absolute Gasteiger partial charge is 0.347 e. The molecule has 4 heteroatoms. The van der Waals surface area contributed by atoms with Gasteiger partial charge in [-0.2, -0.15) is 0 Å². The van der Waals surface area contributed by atoms with Gasteiger partial charge in [-0.15, -0.1) is 0 Å². The van der Waals surface area contributed by atoms with Crippen molar-refractivity contribution >= 4 is 11.8 Å². The molecule has 2 saturated heterocycles. The average Bonchev–Trinajstić information content (AvgIpc) is 3.04. The quantitative estimate of drug-likeness (QED) is 0.552. The minimum absolute atomic E-state index is 0.0423. The van der Waals surface area contributed by atoms with E-state index < -0.39 is 17.2 Å². The largest absolute Gasteiger partial charge is 0.457 e. The third kappa shape index (κ3) is 1.68. The van der Waals surface area contributed by atoms with Crippen molar-refractivity contribution in [3.05, 3.63) is 0 Å². The number of ether oxygens (including phenoxy) is 2. The van der Waals surface area contributed by atoms with Crippen LogP contribution in [0.1, 0.15) is 59.8 Å². The third-order valence-corrected chi connectivity index (χ3v) is 6.45. The molecular weight excluding hydrogens is 280 g/mol. The topological polar surface area (TPSA) is 52.6 Å². The van der Waals surface area contributed by atoms with E-state index in [1.807, 2.05) is 20.8 Å². The van der Waals surface area contributed by atoms with E-state index in [4.69, 9.17) is 9.47 Å². The van der Waals surface area contributed by atoms with E-state index in [1.54, 1.807) is 0 Å². The molecular formula is C18H26O4. The first-order valence-electron chi connectivity index (χ1n) is 8.64. The lowest BCUT2D eigenvalue weighted by molar-refractivity contribution is -0.204. The van der Waals surface area contributed by atoms with Crippen LogP contribution in [0.5, 0.6) is 0 Å². The van der Waals surface area contributed by atoms with Crippen molar-refractivity contribution in [3.63, 3.8) is 0 Å². The Labute approximate surface area is 131 Å². The predicted octanol–water partition coefficient (Wildman–Crippen LogP) is 2.88. The van der Waals surface area contributed by atoms with Crippen LogP contribution in [0.2, 0.25) is 0 Å². The summed E-state index contributed by atoms with van der Waals surface area (Å²) in [5.74, 6) is 0.989. The van der Waals surface area contributed by atoms with Gasteiger partial charge in [0.25, 0.3) is 0 Å². The van der Waals surface area contributed by atoms with Crippen molar-refractivity contribution in [2.45, 2.75) is 76.6 Å². The summed E-state index contributed by atoms with van der Waals surface area (Å²) >= 11 is 0. The highest BCUT2D eigenvalue weighted by Gasteiger charge is 2.76. The van der Waals surface area contributed by atoms with Crippen molar-refractivity contribution in [3.8, 4) is 0 Å². The zero-order valence-electron chi connectivity index (χ0n) is 14.0. The summed E-state index contributed by atoms with van der Waals surface area (Å²) in [6, 6.07) is 0. The maximum atomic E-state index is 13.0. The molecule has 0 aromatic carbocycles. The van der Waals surface area contributed by atoms with Crippen molar-refractivity contribution in [1.29, 1.82) is 0 Å². The normalized spacial score (nSPS) is 49.4. The van der Waals surface area contributed by atoms with Crippen LogP contribution in [-0.4, -0.2) is 28.6 Å². The number of esters is 1. The number of carbonyl (C=O) groups is 2. The Morgan fingerprint density at radius 3 is 2.50 bits per heavy atom. The molecule has 0 aromatic rings. The number of fused-ring (bicyclic) bond motifs is 9. The SMILES string of the molecule is CC(C)(C)OC(=O)[C@]12O[C@](C)(CCC1=O)[C@H]1[C@@H]3CC[C@@H](C3)[C@H]12. The van der Waals surface area contributed by atoms with Crippen LogP contribution in [0.3, 0.4) is 0 Å². The fourth-order valence-corrected chi connectivity index (χ4v) is 5.91. The highest BCUT2D eigenvalue weighted by atomic mass is 16.6. The number of hydrogen-bond acceptors (Lipinski definition) is 4. The lowest BCUT2D eigenvalue weighted by Gasteiger charge is -2.39. The van der Waals surface area contributed by atoms with Gasteiger partial charge >= 0.3 is 5.97 Å². The number of hydrogen-bond donors (Lipinski definition) is 0. The number of ketones is 1. The Morgan fingerprint density at radius 2 is 1.86 bits per heavy atom. The highest BCUT2D eigenvalue weighted by Crippen LogP contribution is 2.68. The van der Waals surface area contributed by atoms with Crippen molar-refractivity contribution in [2.24, 2.45) is 23.7 Å². The van der Waals surface area contributed by atoms with Gasteiger partial charge in [-0.05, 0) is 71.1 Å². The summed E-state index contributed by atoms with van der Waals surface area (Å²) in [6.07, 6.45) is 4.71. The van der Waals surface area contributed by atoms with Crippen LogP contribution >= 0.6 is 0 Å². The van der Waals surface area contributed by atoms with Crippen LogP contribution < -0.4 is 0 Å². The van der Waals surface area contributed by atoms with Gasteiger partial charge in [0.05, 0.1) is 5.60 Å². The predicted molar refractivity (Wildman–Crippen MR) is 80.1 cm³/mol. The molecule has 2 aliphatic carbocycles. The van der Waals surface area contributed by atoms with Gasteiger partial charge in [0.1, 0.15) is 5.60 Å². The number of carbonyl (C=O) groups excluding carboxylic acids is 2. The molecule has 0 amide bonds. The van der Waals surface area contributed by atoms with Crippen LogP contribution in [-0.2, 0) is 19.1 Å². The second kappa shape index (κ2) is 4.14. The fraction of sp³-hybridized carbons (Fsp3) is 0.889. The van der Waals surface area contributed by atoms with E-state index in [1.165, 1.54) is 6.42 Å². The van der Waals surface area contributed by atoms with Crippen LogP contribution in [0, 0.1) is 23.7 Å². The van der Waals surface area contributed by atoms with Gasteiger partial charge in [0, 0.05) is 12.3 Å². The van der Waals surface area contributed by atoms with E-state index in [0.717, 1.165) is 19.3 Å². The first-order valence-corrected chi connectivity index (χ1v) is 8.64. The molecule has 4 aliphatic rings. The molecule has 4 rings (SSSR count). The summed E-state index contributed by atoms with van der Waals surface area (Å²) in [6.45, 7) is 7.66. The van der Waals surface area contributed by atoms with E-state index >= 15 is 0 Å². The van der Waals surface area contributed by atoms with E-state index in [2.05, 4.69) is 6.92 Å². The molecule has 22 heavy (non-hydrogen) atoms. The molecule has 2 saturated carbocycles. The lowest BCUT2D eigenvalue weighted by Crippen LogP contribution is -2.57. The zero-order chi connectivity index (χ0) is 15.9. The van der Waals surface area contributed by atoms with Crippen LogP contribution in [0.25, 0.3) is 0 Å². The summed E-state index contributed by atoms with van der Waals surface area (Å²) in [5.41, 5.74) is -2.24. The van der Waals surface area contributed by atoms with Gasteiger partial charge in [-0.1, -0.05) is 0 Å². The fourth-order valence-electron chi connectivity index (χ4n) is 5.91. The van der Waals surface area contributed by atoms with Crippen molar-refractivity contribution in [2.75, 3.05) is 0 Å². The number of Topliss-reactive ketones (excluding diaryl/α,β-unsaturated/α-hetero) is 1. The maximum Gasteiger partial charge on any atom is 0.347 e. The Morgan fingerprint density at radius 1 is 1.23 bits per heavy atom. The Bertz CT molecular complexity index is 548. The molecule has 4 bridgehead atoms. The van der Waals surface area contributed by atoms with E-state index in [0.29, 0.717) is 24.2 Å². The van der Waals surface area contributed by atoms with Gasteiger partial charge in [0.15, 0.2) is 5.78 Å². The van der Waals surface area contributed by atoms with Gasteiger partial charge in [0.2, 0.25) is 5.60 Å². The molecule has 6 atom stereocenters. The Hall–Kier alpha value is -0.900. The van der Waals surface area contributed by atoms with Crippen molar-refractivity contribution < 1.29 is 19.1 Å². The highest BCUT2D eigenvalue weighted by molar-refractivity contribution is 6.09. The standard InChI is InChI=1S/C18H26O4/c1-16(2,3)21-15(20)18-12(19)7-8-17(4,22-18)13-10-5-6-11(9-10)14(13)18/h10-11,13-14H,5-9H2,1-4H3/t10-,11+,13+,14-,17-,18+/m1/s1. The Kier molecular flexibility index (Phi) is 2.76. The molecule has 0 unspecified atom stereocenters. The summed E-state index contributed by atoms with van der Waals surface area (Å²) in [4.78, 5) is 25.8. The Balaban J connectivity index is 1.79. The second-order valence-electron chi connectivity index (χ2n) is 8.96. The molecule has 0 radical (unpaired) electrons. The zero-order valence-corrected chi connectivity index (χ0v) is 14.0.